The van der Waals surface area contributed by atoms with Crippen LogP contribution >= 0.6 is 0 Å². The lowest BCUT2D eigenvalue weighted by atomic mass is 10.1. The number of carboxylic acids is 1. The molecule has 0 saturated carbocycles. The third-order valence-electron chi connectivity index (χ3n) is 5.86. The zero-order valence-electron chi connectivity index (χ0n) is 20.0. The van der Waals surface area contributed by atoms with Gasteiger partial charge in [-0.3, -0.25) is 9.59 Å². The normalized spacial score (nSPS) is 12.1. The smallest absolute Gasteiger partial charge is 0.303 e. The molecular formula is C25H50N2O3. The van der Waals surface area contributed by atoms with Crippen molar-refractivity contribution in [1.82, 2.24) is 4.90 Å². The number of carbonyl (C=O) groups excluding carboxylic acids is 1. The van der Waals surface area contributed by atoms with Crippen molar-refractivity contribution >= 4 is 11.9 Å². The summed E-state index contributed by atoms with van der Waals surface area (Å²) in [5.74, 6) is -0.960. The Labute approximate surface area is 186 Å². The number of unbranched alkanes of at least 4 members (excludes halogenated alkanes) is 14. The number of hydrogen-bond acceptors (Lipinski definition) is 3. The van der Waals surface area contributed by atoms with E-state index in [0.29, 0.717) is 0 Å². The van der Waals surface area contributed by atoms with Crippen molar-refractivity contribution in [2.24, 2.45) is 5.73 Å². The molecule has 0 saturated heterocycles. The number of rotatable bonds is 22. The second-order valence-corrected chi connectivity index (χ2v) is 8.81. The molecule has 0 heterocycles. The van der Waals surface area contributed by atoms with Crippen molar-refractivity contribution in [3.63, 3.8) is 0 Å². The van der Waals surface area contributed by atoms with Gasteiger partial charge in [-0.05, 0) is 19.3 Å². The highest BCUT2D eigenvalue weighted by Gasteiger charge is 2.21. The van der Waals surface area contributed by atoms with E-state index in [1.54, 1.807) is 0 Å². The Morgan fingerprint density at radius 1 is 0.700 bits per heavy atom. The van der Waals surface area contributed by atoms with E-state index in [0.717, 1.165) is 38.8 Å². The molecule has 0 aliphatic rings. The summed E-state index contributed by atoms with van der Waals surface area (Å²) < 4.78 is 0. The molecule has 0 aromatic rings. The van der Waals surface area contributed by atoms with Gasteiger partial charge in [-0.2, -0.15) is 0 Å². The summed E-state index contributed by atoms with van der Waals surface area (Å²) in [7, 11) is 0. The second-order valence-electron chi connectivity index (χ2n) is 8.81. The Kier molecular flexibility index (Phi) is 20.4. The molecule has 0 rings (SSSR count). The lowest BCUT2D eigenvalue weighted by Gasteiger charge is -2.26. The predicted octanol–water partition coefficient (Wildman–Crippen LogP) is 6.29. The number of hydrogen-bond donors (Lipinski definition) is 2. The van der Waals surface area contributed by atoms with Gasteiger partial charge >= 0.3 is 5.97 Å². The van der Waals surface area contributed by atoms with E-state index in [-0.39, 0.29) is 18.7 Å². The molecule has 1 amide bonds. The van der Waals surface area contributed by atoms with Crippen LogP contribution in [0.4, 0.5) is 0 Å². The summed E-state index contributed by atoms with van der Waals surface area (Å²) in [6, 6.07) is -0.691. The van der Waals surface area contributed by atoms with Crippen LogP contribution in [0.15, 0.2) is 0 Å². The lowest BCUT2D eigenvalue weighted by Crippen LogP contribution is -2.44. The molecule has 0 radical (unpaired) electrons. The number of carbonyl (C=O) groups is 2. The minimum absolute atomic E-state index is 0.0454. The number of aliphatic carboxylic acids is 1. The molecule has 0 spiro atoms. The third kappa shape index (κ3) is 17.7. The van der Waals surface area contributed by atoms with E-state index in [2.05, 4.69) is 13.8 Å². The lowest BCUT2D eigenvalue weighted by molar-refractivity contribution is -0.137. The van der Waals surface area contributed by atoms with Gasteiger partial charge in [-0.15, -0.1) is 0 Å². The van der Waals surface area contributed by atoms with Gasteiger partial charge in [0.05, 0.1) is 6.04 Å². The number of amides is 1. The molecule has 0 aliphatic heterocycles. The van der Waals surface area contributed by atoms with Crippen molar-refractivity contribution in [3.8, 4) is 0 Å². The summed E-state index contributed by atoms with van der Waals surface area (Å²) in [6.07, 6.45) is 20.0. The molecule has 0 aromatic carbocycles. The van der Waals surface area contributed by atoms with Crippen LogP contribution in [0.1, 0.15) is 129 Å². The summed E-state index contributed by atoms with van der Waals surface area (Å²) >= 11 is 0. The van der Waals surface area contributed by atoms with Gasteiger partial charge < -0.3 is 15.7 Å². The largest absolute Gasteiger partial charge is 0.481 e. The number of nitrogens with two attached hydrogens (primary N) is 1. The zero-order chi connectivity index (χ0) is 22.5. The second kappa shape index (κ2) is 21.1. The Morgan fingerprint density at radius 3 is 1.43 bits per heavy atom. The van der Waals surface area contributed by atoms with E-state index < -0.39 is 12.0 Å². The van der Waals surface area contributed by atoms with E-state index in [1.807, 2.05) is 4.90 Å². The topological polar surface area (TPSA) is 83.6 Å². The van der Waals surface area contributed by atoms with E-state index in [1.165, 1.54) is 77.0 Å². The van der Waals surface area contributed by atoms with Crippen LogP contribution in [0.25, 0.3) is 0 Å². The highest BCUT2D eigenvalue weighted by atomic mass is 16.4. The Balaban J connectivity index is 4.21. The quantitative estimate of drug-likeness (QED) is 0.199. The molecule has 178 valence electrons. The van der Waals surface area contributed by atoms with Crippen molar-refractivity contribution in [1.29, 1.82) is 0 Å². The van der Waals surface area contributed by atoms with Crippen molar-refractivity contribution in [2.75, 3.05) is 13.1 Å². The Bertz CT molecular complexity index is 395. The Hall–Kier alpha value is -1.10. The summed E-state index contributed by atoms with van der Waals surface area (Å²) in [5.41, 5.74) is 6.01. The van der Waals surface area contributed by atoms with Gasteiger partial charge in [0.1, 0.15) is 0 Å². The van der Waals surface area contributed by atoms with E-state index >= 15 is 0 Å². The first-order valence-corrected chi connectivity index (χ1v) is 12.8. The standard InChI is InChI=1S/C25H50N2O3/c1-3-5-7-9-11-13-15-17-21-27(25(30)23(26)19-20-24(28)29)22-18-16-14-12-10-8-6-4-2/h23H,3-22,26H2,1-2H3,(H,28,29)/t23-/m0/s1. The molecule has 1 atom stereocenters. The zero-order valence-corrected chi connectivity index (χ0v) is 20.0. The van der Waals surface area contributed by atoms with Crippen LogP contribution in [-0.4, -0.2) is 41.0 Å². The average molecular weight is 427 g/mol. The van der Waals surface area contributed by atoms with E-state index in [9.17, 15) is 9.59 Å². The first kappa shape index (κ1) is 28.9. The van der Waals surface area contributed by atoms with Crippen LogP contribution in [0.2, 0.25) is 0 Å². The molecule has 0 bridgehead atoms. The van der Waals surface area contributed by atoms with Gasteiger partial charge in [0, 0.05) is 19.5 Å². The van der Waals surface area contributed by atoms with Gasteiger partial charge in [0.2, 0.25) is 5.91 Å². The molecule has 0 fully saturated rings. The predicted molar refractivity (Wildman–Crippen MR) is 127 cm³/mol. The van der Waals surface area contributed by atoms with Crippen LogP contribution in [-0.2, 0) is 9.59 Å². The molecule has 30 heavy (non-hydrogen) atoms. The highest BCUT2D eigenvalue weighted by molar-refractivity contribution is 5.82. The molecule has 5 heteroatoms. The van der Waals surface area contributed by atoms with Gasteiger partial charge in [-0.1, -0.05) is 104 Å². The van der Waals surface area contributed by atoms with E-state index in [4.69, 9.17) is 10.8 Å². The van der Waals surface area contributed by atoms with Crippen LogP contribution in [0.3, 0.4) is 0 Å². The third-order valence-corrected chi connectivity index (χ3v) is 5.86. The molecule has 0 aromatic heterocycles. The van der Waals surface area contributed by atoms with Crippen molar-refractivity contribution in [3.05, 3.63) is 0 Å². The Morgan fingerprint density at radius 2 is 1.07 bits per heavy atom. The van der Waals surface area contributed by atoms with Gasteiger partial charge in [0.15, 0.2) is 0 Å². The maximum atomic E-state index is 12.7. The first-order valence-electron chi connectivity index (χ1n) is 12.8. The molecule has 0 aliphatic carbocycles. The molecular weight excluding hydrogens is 376 g/mol. The first-order chi connectivity index (χ1) is 14.5. The summed E-state index contributed by atoms with van der Waals surface area (Å²) in [4.78, 5) is 25.4. The van der Waals surface area contributed by atoms with Crippen LogP contribution < -0.4 is 5.73 Å². The molecule has 0 unspecified atom stereocenters. The molecule has 5 nitrogen and oxygen atoms in total. The maximum absolute atomic E-state index is 12.7. The summed E-state index contributed by atoms with van der Waals surface area (Å²) in [5, 5.41) is 8.86. The van der Waals surface area contributed by atoms with Crippen molar-refractivity contribution < 1.29 is 14.7 Å². The summed E-state index contributed by atoms with van der Waals surface area (Å²) in [6.45, 7) is 5.98. The fourth-order valence-electron chi connectivity index (χ4n) is 3.84. The monoisotopic (exact) mass is 426 g/mol. The highest BCUT2D eigenvalue weighted by Crippen LogP contribution is 2.12. The van der Waals surface area contributed by atoms with Gasteiger partial charge in [0.25, 0.3) is 0 Å². The van der Waals surface area contributed by atoms with Gasteiger partial charge in [-0.25, -0.2) is 0 Å². The fraction of sp³-hybridized carbons (Fsp3) is 0.920. The molecule has 3 N–H and O–H groups in total. The minimum Gasteiger partial charge on any atom is -0.481 e. The van der Waals surface area contributed by atoms with Crippen molar-refractivity contribution in [2.45, 2.75) is 135 Å². The minimum atomic E-state index is -0.893. The number of nitrogens with zero attached hydrogens (tertiary/aromatic N) is 1. The maximum Gasteiger partial charge on any atom is 0.303 e. The number of carboxylic acid groups (broad SMARTS) is 1. The SMILES string of the molecule is CCCCCCCCCCN(CCCCCCCCCC)C(=O)[C@@H](N)CCC(=O)O. The van der Waals surface area contributed by atoms with Crippen LogP contribution in [0, 0.1) is 0 Å². The fourth-order valence-corrected chi connectivity index (χ4v) is 3.84. The average Bonchev–Trinajstić information content (AvgIpc) is 2.73. The van der Waals surface area contributed by atoms with Crippen LogP contribution in [0.5, 0.6) is 0 Å².